The number of aromatic hydroxyl groups is 1. The van der Waals surface area contributed by atoms with Gasteiger partial charge in [0.25, 0.3) is 0 Å². The number of phenolic OH excluding ortho intramolecular Hbond substituents is 1. The lowest BCUT2D eigenvalue weighted by Crippen LogP contribution is -2.35. The number of piperidine rings is 1. The highest BCUT2D eigenvalue weighted by atomic mass is 16.3. The van der Waals surface area contributed by atoms with Crippen LogP contribution in [0.5, 0.6) is 5.75 Å². The number of phenols is 1. The number of imidazole rings is 1. The van der Waals surface area contributed by atoms with E-state index in [0.29, 0.717) is 5.75 Å². The minimum atomic E-state index is -0.483. The van der Waals surface area contributed by atoms with Gasteiger partial charge in [-0.1, -0.05) is 12.1 Å². The zero-order valence-corrected chi connectivity index (χ0v) is 12.9. The van der Waals surface area contributed by atoms with Gasteiger partial charge in [0.05, 0.1) is 0 Å². The lowest BCUT2D eigenvalue weighted by atomic mass is 9.90. The predicted molar refractivity (Wildman–Crippen MR) is 84.3 cm³/mol. The van der Waals surface area contributed by atoms with Gasteiger partial charge in [0, 0.05) is 26.0 Å². The first-order chi connectivity index (χ1) is 10.6. The molecule has 2 heterocycles. The summed E-state index contributed by atoms with van der Waals surface area (Å²) in [6.45, 7) is 2.77. The summed E-state index contributed by atoms with van der Waals surface area (Å²) < 4.78 is 1.89. The largest absolute Gasteiger partial charge is 0.508 e. The number of aryl methyl sites for hydroxylation is 1. The maximum Gasteiger partial charge on any atom is 0.137 e. The minimum Gasteiger partial charge on any atom is -0.508 e. The van der Waals surface area contributed by atoms with E-state index in [1.165, 1.54) is 0 Å². The zero-order chi connectivity index (χ0) is 15.5. The van der Waals surface area contributed by atoms with Gasteiger partial charge >= 0.3 is 0 Å². The van der Waals surface area contributed by atoms with Crippen LogP contribution in [-0.2, 0) is 13.6 Å². The number of rotatable bonds is 4. The molecule has 0 aliphatic carbocycles. The highest BCUT2D eigenvalue weighted by Gasteiger charge is 2.28. The minimum absolute atomic E-state index is 0.265. The monoisotopic (exact) mass is 301 g/mol. The van der Waals surface area contributed by atoms with Crippen molar-refractivity contribution in [1.29, 1.82) is 0 Å². The number of nitrogens with zero attached hydrogens (tertiary/aromatic N) is 3. The molecule has 5 heteroatoms. The fraction of sp³-hybridized carbons (Fsp3) is 0.471. The quantitative estimate of drug-likeness (QED) is 0.907. The lowest BCUT2D eigenvalue weighted by molar-refractivity contribution is 0.0492. The molecule has 0 radical (unpaired) electrons. The number of aliphatic hydroxyl groups excluding tert-OH is 1. The zero-order valence-electron chi connectivity index (χ0n) is 12.9. The summed E-state index contributed by atoms with van der Waals surface area (Å²) in [5.74, 6) is 1.34. The Morgan fingerprint density at radius 2 is 2.09 bits per heavy atom. The average Bonchev–Trinajstić information content (AvgIpc) is 2.93. The fourth-order valence-electron chi connectivity index (χ4n) is 3.21. The van der Waals surface area contributed by atoms with Crippen molar-refractivity contribution in [2.45, 2.75) is 25.5 Å². The van der Waals surface area contributed by atoms with E-state index in [4.69, 9.17) is 0 Å². The van der Waals surface area contributed by atoms with Gasteiger partial charge in [-0.05, 0) is 49.5 Å². The number of benzene rings is 1. The van der Waals surface area contributed by atoms with Gasteiger partial charge in [-0.15, -0.1) is 0 Å². The Labute approximate surface area is 130 Å². The van der Waals surface area contributed by atoms with Crippen LogP contribution in [0.1, 0.15) is 30.3 Å². The summed E-state index contributed by atoms with van der Waals surface area (Å²) in [5, 5.41) is 20.0. The molecule has 1 aromatic heterocycles. The molecule has 3 rings (SSSR count). The molecule has 1 unspecified atom stereocenters. The van der Waals surface area contributed by atoms with E-state index in [2.05, 4.69) is 9.88 Å². The molecule has 5 nitrogen and oxygen atoms in total. The second kappa shape index (κ2) is 6.50. The van der Waals surface area contributed by atoms with Gasteiger partial charge < -0.3 is 14.8 Å². The molecule has 1 aromatic carbocycles. The summed E-state index contributed by atoms with van der Waals surface area (Å²) in [6.07, 6.45) is 5.05. The number of hydrogen-bond donors (Lipinski definition) is 2. The Bertz CT molecular complexity index is 618. The highest BCUT2D eigenvalue weighted by molar-refractivity contribution is 5.27. The van der Waals surface area contributed by atoms with Crippen molar-refractivity contribution >= 4 is 0 Å². The van der Waals surface area contributed by atoms with E-state index in [-0.39, 0.29) is 5.92 Å². The first kappa shape index (κ1) is 15.1. The third-order valence-electron chi connectivity index (χ3n) is 4.52. The van der Waals surface area contributed by atoms with Crippen LogP contribution in [0.15, 0.2) is 36.7 Å². The molecule has 1 fully saturated rings. The van der Waals surface area contributed by atoms with Gasteiger partial charge in [-0.25, -0.2) is 4.98 Å². The van der Waals surface area contributed by atoms with E-state index in [9.17, 15) is 10.2 Å². The van der Waals surface area contributed by atoms with E-state index in [0.717, 1.165) is 43.9 Å². The summed E-state index contributed by atoms with van der Waals surface area (Å²) in [4.78, 5) is 6.63. The molecule has 1 aliphatic heterocycles. The van der Waals surface area contributed by atoms with Crippen LogP contribution in [-0.4, -0.2) is 37.8 Å². The van der Waals surface area contributed by atoms with Crippen LogP contribution in [0.4, 0.5) is 0 Å². The second-order valence-corrected chi connectivity index (χ2v) is 6.12. The van der Waals surface area contributed by atoms with Crippen molar-refractivity contribution in [3.8, 4) is 5.75 Å². The van der Waals surface area contributed by atoms with E-state index in [1.54, 1.807) is 12.3 Å². The molecule has 22 heavy (non-hydrogen) atoms. The van der Waals surface area contributed by atoms with Gasteiger partial charge in [0.2, 0.25) is 0 Å². The van der Waals surface area contributed by atoms with E-state index >= 15 is 0 Å². The summed E-state index contributed by atoms with van der Waals surface area (Å²) in [5.41, 5.74) is 1.13. The molecule has 1 saturated heterocycles. The van der Waals surface area contributed by atoms with E-state index < -0.39 is 6.10 Å². The molecule has 2 aromatic rings. The Balaban J connectivity index is 1.55. The van der Waals surface area contributed by atoms with E-state index in [1.807, 2.05) is 36.0 Å². The Hall–Kier alpha value is -1.85. The Morgan fingerprint density at radius 1 is 1.32 bits per heavy atom. The normalized spacial score (nSPS) is 18.5. The van der Waals surface area contributed by atoms with Gasteiger partial charge in [0.1, 0.15) is 17.7 Å². The maximum absolute atomic E-state index is 10.5. The van der Waals surface area contributed by atoms with Crippen LogP contribution in [0, 0.1) is 5.92 Å². The molecule has 2 N–H and O–H groups in total. The summed E-state index contributed by atoms with van der Waals surface area (Å²) in [7, 11) is 1.92. The third kappa shape index (κ3) is 3.31. The number of likely N-dealkylation sites (tertiary alicyclic amines) is 1. The smallest absolute Gasteiger partial charge is 0.137 e. The molecule has 118 valence electrons. The van der Waals surface area contributed by atoms with Crippen LogP contribution >= 0.6 is 0 Å². The standard InChI is InChI=1S/C17H23N3O2/c1-19-10-7-18-17(19)16(22)14-5-8-20(9-6-14)12-13-3-2-4-15(21)11-13/h2-4,7,10-11,14,16,21-22H,5-6,8-9,12H2,1H3. The lowest BCUT2D eigenvalue weighted by Gasteiger charge is -2.34. The highest BCUT2D eigenvalue weighted by Crippen LogP contribution is 2.30. The van der Waals surface area contributed by atoms with Gasteiger partial charge in [-0.3, -0.25) is 4.90 Å². The number of hydrogen-bond acceptors (Lipinski definition) is 4. The molecule has 1 atom stereocenters. The van der Waals surface area contributed by atoms with Gasteiger partial charge in [-0.2, -0.15) is 0 Å². The fourth-order valence-corrected chi connectivity index (χ4v) is 3.21. The molecule has 0 saturated carbocycles. The first-order valence-corrected chi connectivity index (χ1v) is 7.79. The number of aliphatic hydroxyl groups is 1. The molecule has 0 bridgehead atoms. The van der Waals surface area contributed by atoms with Crippen LogP contribution in [0.2, 0.25) is 0 Å². The van der Waals surface area contributed by atoms with Crippen molar-refractivity contribution in [3.63, 3.8) is 0 Å². The van der Waals surface area contributed by atoms with Crippen LogP contribution in [0.25, 0.3) is 0 Å². The van der Waals surface area contributed by atoms with Crippen molar-refractivity contribution in [2.24, 2.45) is 13.0 Å². The SMILES string of the molecule is Cn1ccnc1C(O)C1CCN(Cc2cccc(O)c2)CC1. The van der Waals surface area contributed by atoms with Crippen molar-refractivity contribution in [1.82, 2.24) is 14.5 Å². The topological polar surface area (TPSA) is 61.5 Å². The molecular formula is C17H23N3O2. The Kier molecular flexibility index (Phi) is 4.45. The van der Waals surface area contributed by atoms with Crippen LogP contribution in [0.3, 0.4) is 0 Å². The third-order valence-corrected chi connectivity index (χ3v) is 4.52. The molecule has 1 aliphatic rings. The maximum atomic E-state index is 10.5. The second-order valence-electron chi connectivity index (χ2n) is 6.12. The number of aromatic nitrogens is 2. The van der Waals surface area contributed by atoms with Crippen molar-refractivity contribution < 1.29 is 10.2 Å². The summed E-state index contributed by atoms with van der Waals surface area (Å²) in [6, 6.07) is 7.42. The Morgan fingerprint density at radius 3 is 2.73 bits per heavy atom. The molecule has 0 spiro atoms. The molecule has 0 amide bonds. The summed E-state index contributed by atoms with van der Waals surface area (Å²) >= 11 is 0. The average molecular weight is 301 g/mol. The molecular weight excluding hydrogens is 278 g/mol. The first-order valence-electron chi connectivity index (χ1n) is 7.79. The van der Waals surface area contributed by atoms with Crippen LogP contribution < -0.4 is 0 Å². The van der Waals surface area contributed by atoms with Crippen molar-refractivity contribution in [3.05, 3.63) is 48.0 Å². The van der Waals surface area contributed by atoms with Gasteiger partial charge in [0.15, 0.2) is 0 Å². The predicted octanol–water partition coefficient (Wildman–Crippen LogP) is 2.07. The van der Waals surface area contributed by atoms with Crippen molar-refractivity contribution in [2.75, 3.05) is 13.1 Å².